The summed E-state index contributed by atoms with van der Waals surface area (Å²) >= 11 is 2.04. The first kappa shape index (κ1) is 17.7. The smallest absolute Gasteiger partial charge is 0.221 e. The van der Waals surface area contributed by atoms with Crippen molar-refractivity contribution in [3.05, 3.63) is 29.8 Å². The fourth-order valence-corrected chi connectivity index (χ4v) is 3.68. The zero-order valence-electron chi connectivity index (χ0n) is 13.9. The third-order valence-electron chi connectivity index (χ3n) is 3.53. The van der Waals surface area contributed by atoms with Crippen LogP contribution in [-0.4, -0.2) is 36.0 Å². The van der Waals surface area contributed by atoms with Crippen molar-refractivity contribution >= 4 is 29.3 Å². The Morgan fingerprint density at radius 1 is 1.39 bits per heavy atom. The highest BCUT2D eigenvalue weighted by molar-refractivity contribution is 8.00. The molecule has 1 atom stereocenters. The third-order valence-corrected chi connectivity index (χ3v) is 4.93. The molecule has 126 valence electrons. The molecule has 1 fully saturated rings. The van der Waals surface area contributed by atoms with Gasteiger partial charge in [-0.2, -0.15) is 11.8 Å². The van der Waals surface area contributed by atoms with E-state index < -0.39 is 0 Å². The lowest BCUT2D eigenvalue weighted by Crippen LogP contribution is -2.40. The summed E-state index contributed by atoms with van der Waals surface area (Å²) in [4.78, 5) is 15.8. The average Bonchev–Trinajstić information content (AvgIpc) is 3.03. The summed E-state index contributed by atoms with van der Waals surface area (Å²) in [6.45, 7) is 5.97. The minimum absolute atomic E-state index is 0.0604. The molecule has 0 spiro atoms. The molecule has 0 aromatic heterocycles. The molecule has 6 heteroatoms. The molecule has 2 rings (SSSR count). The van der Waals surface area contributed by atoms with E-state index in [2.05, 4.69) is 27.9 Å². The number of thioether (sulfide) groups is 1. The first-order valence-corrected chi connectivity index (χ1v) is 9.22. The summed E-state index contributed by atoms with van der Waals surface area (Å²) in [6, 6.07) is 7.80. The van der Waals surface area contributed by atoms with E-state index in [0.717, 1.165) is 30.3 Å². The molecular weight excluding hydrogens is 308 g/mol. The van der Waals surface area contributed by atoms with Crippen LogP contribution in [0.15, 0.2) is 29.3 Å². The van der Waals surface area contributed by atoms with Gasteiger partial charge in [-0.1, -0.05) is 12.1 Å². The maximum atomic E-state index is 11.1. The largest absolute Gasteiger partial charge is 0.357 e. The van der Waals surface area contributed by atoms with Gasteiger partial charge in [-0.05, 0) is 43.2 Å². The Morgan fingerprint density at radius 3 is 2.96 bits per heavy atom. The third kappa shape index (κ3) is 6.52. The number of guanidine groups is 1. The lowest BCUT2D eigenvalue weighted by atomic mass is 10.2. The van der Waals surface area contributed by atoms with E-state index in [9.17, 15) is 4.79 Å². The van der Waals surface area contributed by atoms with Crippen molar-refractivity contribution in [2.24, 2.45) is 4.99 Å². The average molecular weight is 334 g/mol. The van der Waals surface area contributed by atoms with Crippen molar-refractivity contribution in [2.75, 3.05) is 24.2 Å². The van der Waals surface area contributed by atoms with Gasteiger partial charge in [0, 0.05) is 31.0 Å². The van der Waals surface area contributed by atoms with Gasteiger partial charge in [-0.15, -0.1) is 0 Å². The second-order valence-electron chi connectivity index (χ2n) is 5.59. The monoisotopic (exact) mass is 334 g/mol. The van der Waals surface area contributed by atoms with Gasteiger partial charge < -0.3 is 16.0 Å². The molecule has 0 bridgehead atoms. The molecule has 1 saturated heterocycles. The Kier molecular flexibility index (Phi) is 7.26. The number of nitrogens with one attached hydrogen (secondary N) is 3. The van der Waals surface area contributed by atoms with Crippen LogP contribution in [-0.2, 0) is 11.3 Å². The highest BCUT2D eigenvalue weighted by Gasteiger charge is 2.15. The quantitative estimate of drug-likeness (QED) is 0.553. The topological polar surface area (TPSA) is 65.5 Å². The number of nitrogens with zero attached hydrogens (tertiary/aromatic N) is 1. The molecule has 23 heavy (non-hydrogen) atoms. The molecule has 1 heterocycles. The standard InChI is InChI=1S/C17H26N4OS/c1-3-18-17(20-12-16-8-5-9-23-16)19-11-14-6-4-7-15(10-14)21-13(2)22/h4,6-7,10,16H,3,5,8-9,11-12H2,1-2H3,(H,21,22)(H2,18,19,20). The zero-order valence-corrected chi connectivity index (χ0v) is 14.7. The van der Waals surface area contributed by atoms with Gasteiger partial charge in [0.1, 0.15) is 0 Å². The van der Waals surface area contributed by atoms with E-state index in [1.807, 2.05) is 36.0 Å². The van der Waals surface area contributed by atoms with Crippen molar-refractivity contribution in [1.82, 2.24) is 10.6 Å². The lowest BCUT2D eigenvalue weighted by Gasteiger charge is -2.14. The van der Waals surface area contributed by atoms with Gasteiger partial charge >= 0.3 is 0 Å². The molecule has 1 aromatic carbocycles. The van der Waals surface area contributed by atoms with Crippen LogP contribution >= 0.6 is 11.8 Å². The fourth-order valence-electron chi connectivity index (χ4n) is 2.48. The van der Waals surface area contributed by atoms with E-state index in [4.69, 9.17) is 0 Å². The Labute approximate surface area is 142 Å². The molecule has 1 aliphatic rings. The number of benzene rings is 1. The molecule has 0 radical (unpaired) electrons. The minimum Gasteiger partial charge on any atom is -0.357 e. The highest BCUT2D eigenvalue weighted by atomic mass is 32.2. The number of aliphatic imine (C=N–C) groups is 1. The molecule has 1 aliphatic heterocycles. The summed E-state index contributed by atoms with van der Waals surface area (Å²) < 4.78 is 0. The molecular formula is C17H26N4OS. The zero-order chi connectivity index (χ0) is 16.5. The first-order valence-electron chi connectivity index (χ1n) is 8.17. The normalized spacial score (nSPS) is 17.8. The van der Waals surface area contributed by atoms with Gasteiger partial charge in [-0.25, -0.2) is 4.99 Å². The van der Waals surface area contributed by atoms with E-state index in [0.29, 0.717) is 11.8 Å². The fraction of sp³-hybridized carbons (Fsp3) is 0.529. The van der Waals surface area contributed by atoms with Crippen molar-refractivity contribution in [2.45, 2.75) is 38.5 Å². The lowest BCUT2D eigenvalue weighted by molar-refractivity contribution is -0.114. The van der Waals surface area contributed by atoms with Crippen LogP contribution in [0.2, 0.25) is 0 Å². The maximum Gasteiger partial charge on any atom is 0.221 e. The Bertz CT molecular complexity index is 541. The van der Waals surface area contributed by atoms with Gasteiger partial charge in [0.15, 0.2) is 5.96 Å². The van der Waals surface area contributed by atoms with E-state index >= 15 is 0 Å². The Morgan fingerprint density at radius 2 is 2.26 bits per heavy atom. The SMILES string of the molecule is CCNC(=NCc1cccc(NC(C)=O)c1)NCC1CCCS1. The van der Waals surface area contributed by atoms with Crippen molar-refractivity contribution < 1.29 is 4.79 Å². The van der Waals surface area contributed by atoms with Crippen LogP contribution in [0.25, 0.3) is 0 Å². The van der Waals surface area contributed by atoms with Gasteiger partial charge in [0.2, 0.25) is 5.91 Å². The minimum atomic E-state index is -0.0604. The molecule has 5 nitrogen and oxygen atoms in total. The number of amides is 1. The van der Waals surface area contributed by atoms with E-state index in [1.165, 1.54) is 25.5 Å². The number of rotatable bonds is 6. The molecule has 1 aromatic rings. The van der Waals surface area contributed by atoms with Crippen molar-refractivity contribution in [3.8, 4) is 0 Å². The number of anilines is 1. The Balaban J connectivity index is 1.91. The maximum absolute atomic E-state index is 11.1. The van der Waals surface area contributed by atoms with Crippen LogP contribution in [0.1, 0.15) is 32.3 Å². The van der Waals surface area contributed by atoms with Crippen LogP contribution in [0.4, 0.5) is 5.69 Å². The van der Waals surface area contributed by atoms with Crippen molar-refractivity contribution in [1.29, 1.82) is 0 Å². The molecule has 0 aliphatic carbocycles. The van der Waals surface area contributed by atoms with Gasteiger partial charge in [0.25, 0.3) is 0 Å². The van der Waals surface area contributed by atoms with Crippen molar-refractivity contribution in [3.63, 3.8) is 0 Å². The van der Waals surface area contributed by atoms with E-state index in [1.54, 1.807) is 0 Å². The predicted molar refractivity (Wildman–Crippen MR) is 99.0 cm³/mol. The first-order chi connectivity index (χ1) is 11.2. The highest BCUT2D eigenvalue weighted by Crippen LogP contribution is 2.25. The molecule has 1 amide bonds. The van der Waals surface area contributed by atoms with Crippen LogP contribution < -0.4 is 16.0 Å². The summed E-state index contributed by atoms with van der Waals surface area (Å²) in [6.07, 6.45) is 2.61. The summed E-state index contributed by atoms with van der Waals surface area (Å²) in [7, 11) is 0. The van der Waals surface area contributed by atoms with Gasteiger partial charge in [0.05, 0.1) is 6.54 Å². The summed E-state index contributed by atoms with van der Waals surface area (Å²) in [5, 5.41) is 10.2. The Hall–Kier alpha value is -1.69. The predicted octanol–water partition coefficient (Wildman–Crippen LogP) is 2.60. The number of carbonyl (C=O) groups is 1. The molecule has 1 unspecified atom stereocenters. The van der Waals surface area contributed by atoms with Crippen LogP contribution in [0.3, 0.4) is 0 Å². The number of carbonyl (C=O) groups excluding carboxylic acids is 1. The number of hydrogen-bond donors (Lipinski definition) is 3. The summed E-state index contributed by atoms with van der Waals surface area (Å²) in [5.41, 5.74) is 1.88. The molecule has 0 saturated carbocycles. The van der Waals surface area contributed by atoms with Crippen LogP contribution in [0.5, 0.6) is 0 Å². The molecule has 3 N–H and O–H groups in total. The van der Waals surface area contributed by atoms with E-state index in [-0.39, 0.29) is 5.91 Å². The van der Waals surface area contributed by atoms with Crippen LogP contribution in [0, 0.1) is 0 Å². The van der Waals surface area contributed by atoms with Gasteiger partial charge in [-0.3, -0.25) is 4.79 Å². The second-order valence-corrected chi connectivity index (χ2v) is 7.00. The second kappa shape index (κ2) is 9.45. The number of hydrogen-bond acceptors (Lipinski definition) is 3. The summed E-state index contributed by atoms with van der Waals surface area (Å²) in [5.74, 6) is 2.07.